The third kappa shape index (κ3) is 6.69. The van der Waals surface area contributed by atoms with Crippen molar-refractivity contribution < 1.29 is 28.9 Å². The van der Waals surface area contributed by atoms with Gasteiger partial charge in [-0.1, -0.05) is 84.4 Å². The molecule has 0 aliphatic carbocycles. The lowest BCUT2D eigenvalue weighted by molar-refractivity contribution is -1.92. The quantitative estimate of drug-likeness (QED) is 0.170. The topological polar surface area (TPSA) is 135 Å². The molecular formula is C30H27ClN2O5PS+. The predicted molar refractivity (Wildman–Crippen MR) is 154 cm³/mol. The highest BCUT2D eigenvalue weighted by atomic mass is 35.7. The Balaban J connectivity index is 0.000000681. The van der Waals surface area contributed by atoms with Crippen molar-refractivity contribution in [1.82, 2.24) is 9.97 Å². The highest BCUT2D eigenvalue weighted by Crippen LogP contribution is 2.54. The first kappa shape index (κ1) is 29.6. The van der Waals surface area contributed by atoms with E-state index < -0.39 is 17.5 Å². The summed E-state index contributed by atoms with van der Waals surface area (Å²) in [7, 11) is -7.24. The molecule has 0 fully saturated rings. The van der Waals surface area contributed by atoms with Crippen LogP contribution in [-0.2, 0) is 0 Å². The second-order valence-electron chi connectivity index (χ2n) is 8.71. The molecule has 0 aliphatic heterocycles. The van der Waals surface area contributed by atoms with Gasteiger partial charge in [0.1, 0.15) is 26.8 Å². The van der Waals surface area contributed by atoms with Gasteiger partial charge in [0, 0.05) is 5.56 Å². The fourth-order valence-electron chi connectivity index (χ4n) is 4.52. The minimum absolute atomic E-state index is 0.0928. The molecule has 204 valence electrons. The summed E-state index contributed by atoms with van der Waals surface area (Å²) in [4.78, 5) is 22.3. The van der Waals surface area contributed by atoms with Gasteiger partial charge in [0.05, 0.1) is 14.9 Å². The monoisotopic (exact) mass is 593 g/mol. The smallest absolute Gasteiger partial charge is 0.296 e. The van der Waals surface area contributed by atoms with Crippen molar-refractivity contribution in [3.05, 3.63) is 131 Å². The molecule has 0 saturated heterocycles. The van der Waals surface area contributed by atoms with Crippen LogP contribution < -0.4 is 40.8 Å². The lowest BCUT2D eigenvalue weighted by Crippen LogP contribution is -2.58. The second-order valence-corrected chi connectivity index (χ2v) is 13.6. The minimum atomic E-state index is -4.69. The second kappa shape index (κ2) is 12.9. The summed E-state index contributed by atoms with van der Waals surface area (Å²) >= 11 is 1.53. The van der Waals surface area contributed by atoms with Crippen molar-refractivity contribution in [2.75, 3.05) is 6.26 Å². The SMILES string of the molecule is CSc1nc(-c2ccc(C)cc2)[nH]c(=O)c1[P+](c1ccccc1)(c1ccccc1)c1ccccc1.[O-][Cl+3]([O-])([O-])O. The van der Waals surface area contributed by atoms with E-state index in [2.05, 4.69) is 84.7 Å². The van der Waals surface area contributed by atoms with Crippen LogP contribution in [0.1, 0.15) is 5.56 Å². The van der Waals surface area contributed by atoms with Crippen molar-refractivity contribution in [1.29, 1.82) is 0 Å². The van der Waals surface area contributed by atoms with E-state index in [9.17, 15) is 4.79 Å². The number of rotatable bonds is 6. The summed E-state index contributed by atoms with van der Waals surface area (Å²) in [6.07, 6.45) is 2.00. The van der Waals surface area contributed by atoms with Crippen molar-refractivity contribution in [3.63, 3.8) is 0 Å². The van der Waals surface area contributed by atoms with Crippen molar-refractivity contribution in [2.24, 2.45) is 0 Å². The molecule has 0 atom stereocenters. The van der Waals surface area contributed by atoms with Gasteiger partial charge in [0.15, 0.2) is 7.26 Å². The van der Waals surface area contributed by atoms with Gasteiger partial charge in [0.25, 0.3) is 5.56 Å². The summed E-state index contributed by atoms with van der Waals surface area (Å²) in [5, 5.41) is 4.88. The molecule has 0 saturated carbocycles. The lowest BCUT2D eigenvalue weighted by atomic mass is 10.1. The van der Waals surface area contributed by atoms with Crippen LogP contribution in [0.2, 0.25) is 0 Å². The van der Waals surface area contributed by atoms with Gasteiger partial charge in [-0.3, -0.25) is 4.79 Å². The normalized spacial score (nSPS) is 11.4. The molecule has 10 heteroatoms. The zero-order valence-corrected chi connectivity index (χ0v) is 24.2. The van der Waals surface area contributed by atoms with E-state index in [1.165, 1.54) is 17.3 Å². The first-order chi connectivity index (χ1) is 19.1. The number of H-pyrrole nitrogens is 1. The Kier molecular flexibility index (Phi) is 9.56. The van der Waals surface area contributed by atoms with E-state index in [1.54, 1.807) is 0 Å². The van der Waals surface area contributed by atoms with Crippen LogP contribution in [0.25, 0.3) is 11.4 Å². The van der Waals surface area contributed by atoms with E-state index in [4.69, 9.17) is 23.6 Å². The first-order valence-electron chi connectivity index (χ1n) is 12.1. The van der Waals surface area contributed by atoms with E-state index >= 15 is 0 Å². The average Bonchev–Trinajstić information content (AvgIpc) is 2.95. The van der Waals surface area contributed by atoms with Crippen LogP contribution in [0, 0.1) is 17.2 Å². The Morgan fingerprint density at radius 3 is 1.52 bits per heavy atom. The Morgan fingerprint density at radius 2 is 1.15 bits per heavy atom. The standard InChI is InChI=1S/C30H25N2OPS.ClHO4/c1-22-18-20-23(21-19-22)28-31-29(33)27(30(32-28)35-2)34(24-12-6-3-7-13-24,25-14-8-4-9-15-25)26-16-10-5-11-17-26;2-1(3,4)5/h3-21H,1-2H3;(H,2,3,4,5)/p+1. The maximum absolute atomic E-state index is 14.1. The number of aryl methyl sites for hydroxylation is 1. The van der Waals surface area contributed by atoms with Gasteiger partial charge in [0.2, 0.25) is 5.30 Å². The summed E-state index contributed by atoms with van der Waals surface area (Å²) in [6.45, 7) is 2.05. The molecule has 0 aliphatic rings. The number of nitrogens with zero attached hydrogens (tertiary/aromatic N) is 1. The van der Waals surface area contributed by atoms with Gasteiger partial charge in [-0.05, 0) is 49.6 Å². The van der Waals surface area contributed by atoms with Gasteiger partial charge in [-0.25, -0.2) is 4.98 Å². The molecule has 0 amide bonds. The summed E-state index contributed by atoms with van der Waals surface area (Å²) in [5.41, 5.74) is 1.97. The number of thioether (sulfide) groups is 1. The van der Waals surface area contributed by atoms with E-state index in [0.29, 0.717) is 5.82 Å². The van der Waals surface area contributed by atoms with E-state index in [1.807, 2.05) is 48.7 Å². The molecule has 5 aromatic rings. The molecule has 1 aromatic heterocycles. The Morgan fingerprint density at radius 1 is 0.750 bits per heavy atom. The largest absolute Gasteiger partial charge is 0.303 e. The zero-order valence-electron chi connectivity index (χ0n) is 21.7. The maximum atomic E-state index is 14.1. The first-order valence-corrected chi connectivity index (χ1v) is 16.4. The average molecular weight is 594 g/mol. The fraction of sp³-hybridized carbons (Fsp3) is 0.0667. The van der Waals surface area contributed by atoms with Gasteiger partial charge < -0.3 is 4.98 Å². The molecule has 0 spiro atoms. The fourth-order valence-corrected chi connectivity index (χ4v) is 9.90. The number of halogens is 1. The van der Waals surface area contributed by atoms with Gasteiger partial charge in [-0.2, -0.15) is 14.0 Å². The van der Waals surface area contributed by atoms with Crippen molar-refractivity contribution in [2.45, 2.75) is 11.9 Å². The van der Waals surface area contributed by atoms with Crippen LogP contribution in [0.5, 0.6) is 0 Å². The third-order valence-electron chi connectivity index (χ3n) is 6.15. The number of aromatic nitrogens is 2. The number of hydrogen-bond acceptors (Lipinski definition) is 7. The van der Waals surface area contributed by atoms with E-state index in [0.717, 1.165) is 31.8 Å². The predicted octanol–water partition coefficient (Wildman–Crippen LogP) is 0.963. The summed E-state index contributed by atoms with van der Waals surface area (Å²) in [5.74, 6) is 0.593. The van der Waals surface area contributed by atoms with Crippen molar-refractivity contribution >= 4 is 40.2 Å². The van der Waals surface area contributed by atoms with Crippen LogP contribution >= 0.6 is 19.0 Å². The van der Waals surface area contributed by atoms with Crippen LogP contribution in [0.4, 0.5) is 0 Å². The number of hydrogen-bond donors (Lipinski definition) is 2. The maximum Gasteiger partial charge on any atom is 0.296 e. The summed E-state index contributed by atoms with van der Waals surface area (Å²) in [6, 6.07) is 39.3. The van der Waals surface area contributed by atoms with Crippen LogP contribution in [-0.4, -0.2) is 20.9 Å². The highest BCUT2D eigenvalue weighted by molar-refractivity contribution is 8.04. The molecule has 0 unspecified atom stereocenters. The number of aromatic amines is 1. The molecule has 40 heavy (non-hydrogen) atoms. The van der Waals surface area contributed by atoms with Crippen molar-refractivity contribution in [3.8, 4) is 11.4 Å². The molecule has 7 nitrogen and oxygen atoms in total. The van der Waals surface area contributed by atoms with Crippen LogP contribution in [0.3, 0.4) is 0 Å². The third-order valence-corrected chi connectivity index (χ3v) is 11.3. The van der Waals surface area contributed by atoms with Gasteiger partial charge >= 0.3 is 0 Å². The summed E-state index contributed by atoms with van der Waals surface area (Å²) < 4.78 is 32.7. The number of nitrogens with one attached hydrogen (secondary N) is 1. The Labute approximate surface area is 239 Å². The number of benzene rings is 4. The zero-order chi connectivity index (χ0) is 28.8. The van der Waals surface area contributed by atoms with Crippen LogP contribution in [0.15, 0.2) is 125 Å². The van der Waals surface area contributed by atoms with E-state index in [-0.39, 0.29) is 5.56 Å². The molecular weight excluding hydrogens is 567 g/mol. The molecule has 2 N–H and O–H groups in total. The lowest BCUT2D eigenvalue weighted by Gasteiger charge is -2.27. The Hall–Kier alpha value is -3.33. The molecule has 4 aromatic carbocycles. The molecule has 1 heterocycles. The highest BCUT2D eigenvalue weighted by Gasteiger charge is 2.52. The molecule has 0 bridgehead atoms. The molecule has 5 rings (SSSR count). The Bertz CT molecular complexity index is 1490. The minimum Gasteiger partial charge on any atom is -0.303 e. The molecule has 0 radical (unpaired) electrons. The van der Waals surface area contributed by atoms with Gasteiger partial charge in [-0.15, -0.1) is 11.8 Å².